The Kier molecular flexibility index (Phi) is 2.98. The fourth-order valence-corrected chi connectivity index (χ4v) is 1.13. The van der Waals surface area contributed by atoms with Crippen molar-refractivity contribution in [1.82, 2.24) is 9.97 Å². The first-order chi connectivity index (χ1) is 6.13. The third-order valence-corrected chi connectivity index (χ3v) is 1.71. The fourth-order valence-electron chi connectivity index (χ4n) is 0.903. The lowest BCUT2D eigenvalue weighted by Gasteiger charge is -2.11. The van der Waals surface area contributed by atoms with Gasteiger partial charge in [-0.2, -0.15) is 5.26 Å². The maximum Gasteiger partial charge on any atom is 0.198 e. The van der Waals surface area contributed by atoms with Crippen LogP contribution in [0.4, 0.5) is 5.82 Å². The molecule has 1 rings (SSSR count). The molecule has 0 atom stereocenters. The van der Waals surface area contributed by atoms with Gasteiger partial charge in [0, 0.05) is 25.9 Å². The second-order valence-corrected chi connectivity index (χ2v) is 3.19. The quantitative estimate of drug-likeness (QED) is 0.720. The molecule has 0 amide bonds. The molecule has 0 spiro atoms. The molecule has 0 saturated carbocycles. The van der Waals surface area contributed by atoms with Gasteiger partial charge in [0.15, 0.2) is 4.77 Å². The van der Waals surface area contributed by atoms with E-state index in [4.69, 9.17) is 17.5 Å². The molecule has 4 nitrogen and oxygen atoms in total. The number of rotatable bonds is 2. The van der Waals surface area contributed by atoms with E-state index in [0.717, 1.165) is 11.5 Å². The highest BCUT2D eigenvalue weighted by Gasteiger charge is 1.99. The predicted molar refractivity (Wildman–Crippen MR) is 53.1 cm³/mol. The lowest BCUT2D eigenvalue weighted by atomic mass is 10.3. The lowest BCUT2D eigenvalue weighted by molar-refractivity contribution is 0.981. The van der Waals surface area contributed by atoms with Crippen molar-refractivity contribution < 1.29 is 0 Å². The zero-order valence-corrected chi connectivity index (χ0v) is 8.35. The second kappa shape index (κ2) is 4.01. The van der Waals surface area contributed by atoms with E-state index in [0.29, 0.717) is 11.2 Å². The van der Waals surface area contributed by atoms with Gasteiger partial charge in [0.05, 0.1) is 12.5 Å². The number of anilines is 1. The van der Waals surface area contributed by atoms with Crippen molar-refractivity contribution in [3.05, 3.63) is 16.5 Å². The molecule has 0 fully saturated rings. The smallest absolute Gasteiger partial charge is 0.198 e. The average molecular weight is 194 g/mol. The Morgan fingerprint density at radius 3 is 2.92 bits per heavy atom. The van der Waals surface area contributed by atoms with Crippen LogP contribution in [0.1, 0.15) is 5.69 Å². The Morgan fingerprint density at radius 2 is 2.38 bits per heavy atom. The van der Waals surface area contributed by atoms with Gasteiger partial charge in [-0.1, -0.05) is 0 Å². The van der Waals surface area contributed by atoms with E-state index in [1.807, 2.05) is 25.1 Å². The van der Waals surface area contributed by atoms with Crippen molar-refractivity contribution in [2.45, 2.75) is 6.42 Å². The van der Waals surface area contributed by atoms with Crippen molar-refractivity contribution in [2.75, 3.05) is 19.0 Å². The Bertz CT molecular complexity index is 388. The van der Waals surface area contributed by atoms with Crippen LogP contribution in [-0.4, -0.2) is 24.1 Å². The molecule has 0 aliphatic carbocycles. The molecule has 13 heavy (non-hydrogen) atoms. The van der Waals surface area contributed by atoms with Crippen LogP contribution in [0.3, 0.4) is 0 Å². The lowest BCUT2D eigenvalue weighted by Crippen LogP contribution is -2.11. The molecule has 1 aromatic rings. The summed E-state index contributed by atoms with van der Waals surface area (Å²) in [5, 5.41) is 8.50. The fraction of sp³-hybridized carbons (Fsp3) is 0.375. The summed E-state index contributed by atoms with van der Waals surface area (Å²) in [6.45, 7) is 0. The molecule has 1 N–H and O–H groups in total. The molecule has 0 aromatic carbocycles. The minimum absolute atomic E-state index is 0.326. The van der Waals surface area contributed by atoms with Crippen LogP contribution in [0, 0.1) is 16.1 Å². The number of nitriles is 1. The number of H-pyrrole nitrogens is 1. The van der Waals surface area contributed by atoms with Crippen LogP contribution in [0.5, 0.6) is 0 Å². The molecule has 0 unspecified atom stereocenters. The minimum atomic E-state index is 0.326. The average Bonchev–Trinajstić information content (AvgIpc) is 2.03. The number of hydrogen-bond acceptors (Lipinski definition) is 4. The summed E-state index contributed by atoms with van der Waals surface area (Å²) >= 11 is 4.92. The highest BCUT2D eigenvalue weighted by Crippen LogP contribution is 2.07. The molecule has 0 aliphatic rings. The Hall–Kier alpha value is -1.41. The van der Waals surface area contributed by atoms with Gasteiger partial charge in [0.2, 0.25) is 0 Å². The second-order valence-electron chi connectivity index (χ2n) is 2.80. The van der Waals surface area contributed by atoms with Gasteiger partial charge in [-0.05, 0) is 12.2 Å². The number of aromatic nitrogens is 2. The summed E-state index contributed by atoms with van der Waals surface area (Å²) in [5.74, 6) is 0.772. The summed E-state index contributed by atoms with van der Waals surface area (Å²) in [6, 6.07) is 3.87. The first-order valence-electron chi connectivity index (χ1n) is 3.78. The van der Waals surface area contributed by atoms with E-state index < -0.39 is 0 Å². The Balaban J connectivity index is 3.13. The molecule has 0 saturated heterocycles. The molecule has 68 valence electrons. The van der Waals surface area contributed by atoms with Crippen LogP contribution in [0.15, 0.2) is 6.07 Å². The van der Waals surface area contributed by atoms with E-state index in [-0.39, 0.29) is 0 Å². The highest BCUT2D eigenvalue weighted by molar-refractivity contribution is 7.71. The molecule has 1 heterocycles. The van der Waals surface area contributed by atoms with E-state index in [2.05, 4.69) is 16.0 Å². The third-order valence-electron chi connectivity index (χ3n) is 1.51. The monoisotopic (exact) mass is 194 g/mol. The summed E-state index contributed by atoms with van der Waals surface area (Å²) in [4.78, 5) is 8.80. The van der Waals surface area contributed by atoms with E-state index in [9.17, 15) is 0 Å². The summed E-state index contributed by atoms with van der Waals surface area (Å²) in [7, 11) is 3.76. The van der Waals surface area contributed by atoms with Crippen LogP contribution in [-0.2, 0) is 6.42 Å². The zero-order valence-electron chi connectivity index (χ0n) is 7.53. The maximum atomic E-state index is 8.50. The van der Waals surface area contributed by atoms with Gasteiger partial charge < -0.3 is 9.88 Å². The van der Waals surface area contributed by atoms with Gasteiger partial charge in [-0.3, -0.25) is 0 Å². The summed E-state index contributed by atoms with van der Waals surface area (Å²) < 4.78 is 0.413. The largest absolute Gasteiger partial charge is 0.363 e. The molecule has 0 aliphatic heterocycles. The zero-order chi connectivity index (χ0) is 9.84. The van der Waals surface area contributed by atoms with Gasteiger partial charge in [-0.15, -0.1) is 0 Å². The SMILES string of the molecule is CN(C)c1cc(CC#N)[nH]c(=S)n1. The number of nitrogens with one attached hydrogen (secondary N) is 1. The van der Waals surface area contributed by atoms with Crippen LogP contribution < -0.4 is 4.90 Å². The standard InChI is InChI=1S/C8H10N4S/c1-12(2)7-5-6(3-4-9)10-8(13)11-7/h5H,3H2,1-2H3,(H,10,11,13). The normalized spacial score (nSPS) is 9.31. The van der Waals surface area contributed by atoms with Crippen molar-refractivity contribution in [2.24, 2.45) is 0 Å². The van der Waals surface area contributed by atoms with Gasteiger partial charge in [0.1, 0.15) is 5.82 Å². The van der Waals surface area contributed by atoms with E-state index in [1.165, 1.54) is 0 Å². The highest BCUT2D eigenvalue weighted by atomic mass is 32.1. The van der Waals surface area contributed by atoms with Crippen LogP contribution in [0.25, 0.3) is 0 Å². The summed E-state index contributed by atoms with van der Waals surface area (Å²) in [6.07, 6.45) is 0.326. The summed E-state index contributed by atoms with van der Waals surface area (Å²) in [5.41, 5.74) is 0.797. The van der Waals surface area contributed by atoms with E-state index in [1.54, 1.807) is 0 Å². The van der Waals surface area contributed by atoms with Gasteiger partial charge in [0.25, 0.3) is 0 Å². The van der Waals surface area contributed by atoms with Crippen molar-refractivity contribution >= 4 is 18.0 Å². The van der Waals surface area contributed by atoms with Crippen LogP contribution in [0.2, 0.25) is 0 Å². The molecule has 1 aromatic heterocycles. The van der Waals surface area contributed by atoms with E-state index >= 15 is 0 Å². The number of nitrogens with zero attached hydrogens (tertiary/aromatic N) is 3. The van der Waals surface area contributed by atoms with Crippen molar-refractivity contribution in [3.8, 4) is 6.07 Å². The third kappa shape index (κ3) is 2.53. The molecular weight excluding hydrogens is 184 g/mol. The number of aromatic amines is 1. The van der Waals surface area contributed by atoms with Gasteiger partial charge >= 0.3 is 0 Å². The molecule has 0 radical (unpaired) electrons. The minimum Gasteiger partial charge on any atom is -0.363 e. The molecular formula is C8H10N4S. The molecule has 0 bridgehead atoms. The van der Waals surface area contributed by atoms with Crippen LogP contribution >= 0.6 is 12.2 Å². The predicted octanol–water partition coefficient (Wildman–Crippen LogP) is 1.27. The first-order valence-corrected chi connectivity index (χ1v) is 4.19. The topological polar surface area (TPSA) is 55.7 Å². The van der Waals surface area contributed by atoms with Gasteiger partial charge in [-0.25, -0.2) is 4.98 Å². The molecule has 5 heteroatoms. The first kappa shape index (κ1) is 9.68. The Morgan fingerprint density at radius 1 is 1.69 bits per heavy atom. The number of hydrogen-bond donors (Lipinski definition) is 1. The van der Waals surface area contributed by atoms with Crippen molar-refractivity contribution in [3.63, 3.8) is 0 Å². The Labute approximate surface area is 81.8 Å². The maximum absolute atomic E-state index is 8.50. The van der Waals surface area contributed by atoms with Crippen molar-refractivity contribution in [1.29, 1.82) is 5.26 Å².